The zero-order valence-corrected chi connectivity index (χ0v) is 14.3. The third-order valence-electron chi connectivity index (χ3n) is 2.85. The molecule has 0 saturated heterocycles. The first kappa shape index (κ1) is 22.1. The van der Waals surface area contributed by atoms with Crippen molar-refractivity contribution in [1.29, 1.82) is 0 Å². The van der Waals surface area contributed by atoms with Crippen LogP contribution < -0.4 is 19.7 Å². The fraction of sp³-hybridized carbons (Fsp3) is 0.125. The van der Waals surface area contributed by atoms with Crippen LogP contribution in [-0.4, -0.2) is 37.1 Å². The van der Waals surface area contributed by atoms with Crippen LogP contribution in [0, 0.1) is 0 Å². The summed E-state index contributed by atoms with van der Waals surface area (Å²) in [4.78, 5) is 0. The van der Waals surface area contributed by atoms with Crippen LogP contribution in [0.1, 0.15) is 11.1 Å². The van der Waals surface area contributed by atoms with Gasteiger partial charge in [-0.15, -0.1) is 0 Å². The van der Waals surface area contributed by atoms with Gasteiger partial charge < -0.3 is 30.1 Å². The second kappa shape index (κ2) is 11.6. The van der Waals surface area contributed by atoms with Crippen LogP contribution in [-0.2, 0) is 16.5 Å². The molecule has 0 saturated carbocycles. The SMILES string of the molecule is COc1cccc(/C=N/O)c1[O-].COc1cccc(/C=N/O)c1[O-].[Ni+2]. The number of hydrogen-bond acceptors (Lipinski definition) is 8. The van der Waals surface area contributed by atoms with Gasteiger partial charge in [0.25, 0.3) is 0 Å². The first-order chi connectivity index (χ1) is 11.6. The van der Waals surface area contributed by atoms with Gasteiger partial charge in [0.2, 0.25) is 0 Å². The molecule has 9 heteroatoms. The van der Waals surface area contributed by atoms with Gasteiger partial charge in [-0.25, -0.2) is 0 Å². The van der Waals surface area contributed by atoms with E-state index in [0.29, 0.717) is 11.1 Å². The van der Waals surface area contributed by atoms with Crippen LogP contribution in [0.2, 0.25) is 0 Å². The van der Waals surface area contributed by atoms with E-state index < -0.39 is 0 Å². The summed E-state index contributed by atoms with van der Waals surface area (Å²) in [6.07, 6.45) is 2.15. The summed E-state index contributed by atoms with van der Waals surface area (Å²) in [5.74, 6) is -0.0737. The summed E-state index contributed by atoms with van der Waals surface area (Å²) in [5, 5.41) is 44.4. The molecule has 0 aliphatic rings. The van der Waals surface area contributed by atoms with Gasteiger partial charge in [-0.05, 0) is 23.3 Å². The first-order valence-corrected chi connectivity index (χ1v) is 6.61. The molecule has 2 aromatic carbocycles. The van der Waals surface area contributed by atoms with Gasteiger partial charge in [0.1, 0.15) is 11.5 Å². The molecule has 0 amide bonds. The van der Waals surface area contributed by atoms with E-state index in [4.69, 9.17) is 19.9 Å². The third-order valence-corrected chi connectivity index (χ3v) is 2.85. The van der Waals surface area contributed by atoms with E-state index in [1.165, 1.54) is 14.2 Å². The molecule has 0 atom stereocenters. The summed E-state index contributed by atoms with van der Waals surface area (Å²) < 4.78 is 9.55. The molecule has 2 N–H and O–H groups in total. The Balaban J connectivity index is 0.000000443. The van der Waals surface area contributed by atoms with Gasteiger partial charge in [-0.3, -0.25) is 0 Å². The monoisotopic (exact) mass is 390 g/mol. The standard InChI is InChI=1S/2C8H9NO3.Ni/c2*1-12-7-4-2-3-6(5-9-11)8(7)10;/h2*2-5,10-11H,1H3;/q;;+2/p-2/b2*9-5+;. The van der Waals surface area contributed by atoms with Crippen LogP contribution in [0.3, 0.4) is 0 Å². The Labute approximate surface area is 154 Å². The van der Waals surface area contributed by atoms with Gasteiger partial charge in [-0.2, -0.15) is 0 Å². The van der Waals surface area contributed by atoms with Crippen LogP contribution in [0.25, 0.3) is 0 Å². The van der Waals surface area contributed by atoms with Gasteiger partial charge in [0, 0.05) is 0 Å². The fourth-order valence-electron chi connectivity index (χ4n) is 1.71. The Morgan fingerprint density at radius 2 is 1.16 bits per heavy atom. The molecule has 0 bridgehead atoms. The minimum absolute atomic E-state index is 0. The molecule has 0 aliphatic carbocycles. The number of ether oxygens (including phenoxy) is 2. The average Bonchev–Trinajstić information content (AvgIpc) is 2.60. The van der Waals surface area contributed by atoms with Crippen molar-refractivity contribution in [1.82, 2.24) is 0 Å². The Hall–Kier alpha value is -2.93. The predicted molar refractivity (Wildman–Crippen MR) is 83.6 cm³/mol. The van der Waals surface area contributed by atoms with Crippen molar-refractivity contribution in [2.24, 2.45) is 10.3 Å². The maximum atomic E-state index is 11.3. The Morgan fingerprint density at radius 3 is 1.44 bits per heavy atom. The Bertz CT molecular complexity index is 660. The smallest absolute Gasteiger partial charge is 0.870 e. The van der Waals surface area contributed by atoms with Crippen molar-refractivity contribution in [2.75, 3.05) is 14.2 Å². The maximum absolute atomic E-state index is 11.3. The normalized spacial score (nSPS) is 10.0. The molecule has 0 aliphatic heterocycles. The molecule has 2 rings (SSSR count). The van der Waals surface area contributed by atoms with E-state index >= 15 is 0 Å². The van der Waals surface area contributed by atoms with Crippen LogP contribution in [0.5, 0.6) is 23.0 Å². The zero-order chi connectivity index (χ0) is 17.9. The van der Waals surface area contributed by atoms with E-state index in [1.54, 1.807) is 36.4 Å². The molecule has 0 fully saturated rings. The van der Waals surface area contributed by atoms with Crippen molar-refractivity contribution in [2.45, 2.75) is 0 Å². The molecular weight excluding hydrogens is 375 g/mol. The summed E-state index contributed by atoms with van der Waals surface area (Å²) in [6, 6.07) is 9.50. The van der Waals surface area contributed by atoms with Gasteiger partial charge in [0.15, 0.2) is 0 Å². The third kappa shape index (κ3) is 6.23. The number of nitrogens with zero attached hydrogens (tertiary/aromatic N) is 2. The molecule has 0 radical (unpaired) electrons. The fourth-order valence-corrected chi connectivity index (χ4v) is 1.71. The second-order valence-corrected chi connectivity index (χ2v) is 4.25. The molecule has 2 aromatic rings. The quantitative estimate of drug-likeness (QED) is 0.348. The maximum Gasteiger partial charge on any atom is 2.00 e. The molecule has 25 heavy (non-hydrogen) atoms. The number of rotatable bonds is 4. The molecule has 0 aromatic heterocycles. The van der Waals surface area contributed by atoms with E-state index in [2.05, 4.69) is 10.3 Å². The first-order valence-electron chi connectivity index (χ1n) is 6.61. The number of benzene rings is 2. The minimum atomic E-state index is -0.280. The minimum Gasteiger partial charge on any atom is -0.870 e. The molecule has 8 nitrogen and oxygen atoms in total. The van der Waals surface area contributed by atoms with Gasteiger partial charge in [0.05, 0.1) is 26.6 Å². The molecular formula is C16H16N2NiO6. The van der Waals surface area contributed by atoms with Crippen molar-refractivity contribution < 1.29 is 46.6 Å². The Kier molecular flexibility index (Phi) is 10.2. The van der Waals surface area contributed by atoms with Crippen molar-refractivity contribution in [3.8, 4) is 23.0 Å². The molecule has 0 heterocycles. The predicted octanol–water partition coefficient (Wildman–Crippen LogP) is 1.15. The number of methoxy groups -OCH3 is 2. The number of oxime groups is 2. The number of hydrogen-bond donors (Lipinski definition) is 2. The second-order valence-electron chi connectivity index (χ2n) is 4.25. The van der Waals surface area contributed by atoms with Crippen LogP contribution >= 0.6 is 0 Å². The molecule has 136 valence electrons. The van der Waals surface area contributed by atoms with E-state index in [0.717, 1.165) is 12.4 Å². The topological polar surface area (TPSA) is 130 Å². The van der Waals surface area contributed by atoms with Crippen molar-refractivity contribution in [3.05, 3.63) is 47.5 Å². The average molecular weight is 391 g/mol. The summed E-state index contributed by atoms with van der Waals surface area (Å²) >= 11 is 0. The molecule has 0 spiro atoms. The van der Waals surface area contributed by atoms with E-state index in [1.807, 2.05) is 0 Å². The van der Waals surface area contributed by atoms with E-state index in [9.17, 15) is 10.2 Å². The Morgan fingerprint density at radius 1 is 0.800 bits per heavy atom. The number of para-hydroxylation sites is 2. The molecule has 0 unspecified atom stereocenters. The summed E-state index contributed by atoms with van der Waals surface area (Å²) in [5.41, 5.74) is 0.605. The van der Waals surface area contributed by atoms with Gasteiger partial charge in [-0.1, -0.05) is 46.1 Å². The zero-order valence-electron chi connectivity index (χ0n) is 13.4. The summed E-state index contributed by atoms with van der Waals surface area (Å²) in [6.45, 7) is 0. The van der Waals surface area contributed by atoms with Crippen LogP contribution in [0.15, 0.2) is 46.7 Å². The summed E-state index contributed by atoms with van der Waals surface area (Å²) in [7, 11) is 2.83. The van der Waals surface area contributed by atoms with Crippen molar-refractivity contribution >= 4 is 12.4 Å². The van der Waals surface area contributed by atoms with Crippen LogP contribution in [0.4, 0.5) is 0 Å². The van der Waals surface area contributed by atoms with E-state index in [-0.39, 0.29) is 39.5 Å². The van der Waals surface area contributed by atoms with Gasteiger partial charge >= 0.3 is 16.5 Å². The van der Waals surface area contributed by atoms with Crippen molar-refractivity contribution in [3.63, 3.8) is 0 Å². The largest absolute Gasteiger partial charge is 2.00 e.